The van der Waals surface area contributed by atoms with Gasteiger partial charge in [-0.2, -0.15) is 13.2 Å². The van der Waals surface area contributed by atoms with Gasteiger partial charge in [-0.25, -0.2) is 23.5 Å². The van der Waals surface area contributed by atoms with Crippen molar-refractivity contribution in [1.82, 2.24) is 20.6 Å². The van der Waals surface area contributed by atoms with E-state index in [2.05, 4.69) is 20.6 Å². The Balaban J connectivity index is 1.53. The number of nitrogens with zero attached hydrogens (tertiary/aromatic N) is 3. The van der Waals surface area contributed by atoms with Gasteiger partial charge in [0.2, 0.25) is 5.95 Å². The number of aryl methyl sites for hydroxylation is 1. The molecule has 2 aromatic heterocycles. The van der Waals surface area contributed by atoms with Crippen LogP contribution in [0.25, 0.3) is 11.0 Å². The molecule has 3 N–H and O–H groups in total. The molecule has 13 heteroatoms. The maximum atomic E-state index is 14.0. The third-order valence-corrected chi connectivity index (χ3v) is 5.15. The summed E-state index contributed by atoms with van der Waals surface area (Å²) in [5, 5.41) is 7.04. The molecule has 2 amide bonds. The van der Waals surface area contributed by atoms with E-state index in [0.717, 1.165) is 19.2 Å². The standard InChI is InChI=1S/C20H19F5N6O2/c1-10-13-6-11(21)7-14(22)16(13)33-15(10)17(20(23,24)25)30-19(32)29-12-8-27-18(28-9-12)31-4-2-26-3-5-31/h6-9,17,26H,2-5H2,1H3,(H2,29,30,32)/t17-/m1/s1. The van der Waals surface area contributed by atoms with Gasteiger partial charge in [-0.05, 0) is 13.0 Å². The Labute approximate surface area is 184 Å². The van der Waals surface area contributed by atoms with Crippen LogP contribution >= 0.6 is 0 Å². The lowest BCUT2D eigenvalue weighted by atomic mass is 10.1. The topological polar surface area (TPSA) is 95.3 Å². The highest BCUT2D eigenvalue weighted by Crippen LogP contribution is 2.39. The van der Waals surface area contributed by atoms with Crippen molar-refractivity contribution in [3.05, 3.63) is 47.5 Å². The maximum Gasteiger partial charge on any atom is 0.416 e. The quantitative estimate of drug-likeness (QED) is 0.504. The van der Waals surface area contributed by atoms with E-state index in [9.17, 15) is 26.7 Å². The fourth-order valence-electron chi connectivity index (χ4n) is 3.55. The highest BCUT2D eigenvalue weighted by atomic mass is 19.4. The Morgan fingerprint density at radius 1 is 1.18 bits per heavy atom. The predicted molar refractivity (Wildman–Crippen MR) is 109 cm³/mol. The van der Waals surface area contributed by atoms with Crippen LogP contribution in [0.3, 0.4) is 0 Å². The highest BCUT2D eigenvalue weighted by Gasteiger charge is 2.45. The van der Waals surface area contributed by atoms with E-state index in [0.29, 0.717) is 25.1 Å². The average Bonchev–Trinajstić information content (AvgIpc) is 3.09. The number of carbonyl (C=O) groups is 1. The minimum atomic E-state index is -4.98. The first-order valence-corrected chi connectivity index (χ1v) is 9.93. The van der Waals surface area contributed by atoms with Crippen molar-refractivity contribution in [3.63, 3.8) is 0 Å². The SMILES string of the molecule is Cc1c([C@@H](NC(=O)Nc2cnc(N3CCNCC3)nc2)C(F)(F)F)oc2c(F)cc(F)cc12. The number of benzene rings is 1. The molecule has 1 aliphatic heterocycles. The van der Waals surface area contributed by atoms with Gasteiger partial charge < -0.3 is 25.3 Å². The van der Waals surface area contributed by atoms with Crippen LogP contribution in [0.5, 0.6) is 0 Å². The van der Waals surface area contributed by atoms with Crippen LogP contribution in [0, 0.1) is 18.6 Å². The molecule has 1 atom stereocenters. The van der Waals surface area contributed by atoms with Crippen molar-refractivity contribution in [3.8, 4) is 0 Å². The zero-order chi connectivity index (χ0) is 23.8. The molecule has 3 aromatic rings. The third-order valence-electron chi connectivity index (χ3n) is 5.15. The van der Waals surface area contributed by atoms with Crippen molar-refractivity contribution in [1.29, 1.82) is 0 Å². The van der Waals surface area contributed by atoms with Gasteiger partial charge in [-0.15, -0.1) is 0 Å². The summed E-state index contributed by atoms with van der Waals surface area (Å²) in [6.45, 7) is 4.15. The lowest BCUT2D eigenvalue weighted by Gasteiger charge is -2.27. The first-order chi connectivity index (χ1) is 15.6. The van der Waals surface area contributed by atoms with Crippen LogP contribution in [0.15, 0.2) is 28.9 Å². The minimum Gasteiger partial charge on any atom is -0.455 e. The van der Waals surface area contributed by atoms with Crippen LogP contribution < -0.4 is 20.9 Å². The number of amides is 2. The normalized spacial score (nSPS) is 15.5. The molecule has 4 rings (SSSR count). The van der Waals surface area contributed by atoms with Crippen LogP contribution in [0.2, 0.25) is 0 Å². The number of alkyl halides is 3. The van der Waals surface area contributed by atoms with Gasteiger partial charge in [-0.1, -0.05) is 0 Å². The molecule has 0 aliphatic carbocycles. The fourth-order valence-corrected chi connectivity index (χ4v) is 3.55. The summed E-state index contributed by atoms with van der Waals surface area (Å²) in [7, 11) is 0. The lowest BCUT2D eigenvalue weighted by Crippen LogP contribution is -2.44. The molecule has 8 nitrogen and oxygen atoms in total. The molecule has 0 spiro atoms. The Hall–Kier alpha value is -3.48. The number of urea groups is 1. The lowest BCUT2D eigenvalue weighted by molar-refractivity contribution is -0.158. The molecule has 1 aromatic carbocycles. The van der Waals surface area contributed by atoms with Crippen LogP contribution in [-0.4, -0.2) is 48.4 Å². The number of carbonyl (C=O) groups excluding carboxylic acids is 1. The predicted octanol–water partition coefficient (Wildman–Crippen LogP) is 3.64. The molecule has 176 valence electrons. The van der Waals surface area contributed by atoms with Gasteiger partial charge >= 0.3 is 12.2 Å². The summed E-state index contributed by atoms with van der Waals surface area (Å²) in [6.07, 6.45) is -2.43. The molecular weight excluding hydrogens is 451 g/mol. The third kappa shape index (κ3) is 4.82. The number of halogens is 5. The first kappa shape index (κ1) is 22.7. The van der Waals surface area contributed by atoms with E-state index in [1.807, 2.05) is 4.90 Å². The Morgan fingerprint density at radius 2 is 1.85 bits per heavy atom. The van der Waals surface area contributed by atoms with Crippen LogP contribution in [-0.2, 0) is 0 Å². The van der Waals surface area contributed by atoms with Crippen molar-refractivity contribution in [2.45, 2.75) is 19.1 Å². The van der Waals surface area contributed by atoms with Crippen LogP contribution in [0.1, 0.15) is 17.4 Å². The highest BCUT2D eigenvalue weighted by molar-refractivity contribution is 5.89. The molecule has 0 unspecified atom stereocenters. The number of hydrogen-bond acceptors (Lipinski definition) is 6. The second-order valence-corrected chi connectivity index (χ2v) is 7.44. The molecule has 0 radical (unpaired) electrons. The number of fused-ring (bicyclic) bond motifs is 1. The van der Waals surface area contributed by atoms with Crippen molar-refractivity contribution >= 4 is 28.6 Å². The van der Waals surface area contributed by atoms with Crippen LogP contribution in [0.4, 0.5) is 38.4 Å². The van der Waals surface area contributed by atoms with Gasteiger partial charge in [0.05, 0.1) is 18.1 Å². The van der Waals surface area contributed by atoms with E-state index < -0.39 is 41.2 Å². The number of hydrogen-bond donors (Lipinski definition) is 3. The second-order valence-electron chi connectivity index (χ2n) is 7.44. The minimum absolute atomic E-state index is 0.0711. The average molecular weight is 470 g/mol. The van der Waals surface area contributed by atoms with E-state index in [4.69, 9.17) is 4.42 Å². The zero-order valence-electron chi connectivity index (χ0n) is 17.3. The summed E-state index contributed by atoms with van der Waals surface area (Å²) in [5.74, 6) is -2.43. The van der Waals surface area contributed by atoms with Crippen molar-refractivity contribution < 1.29 is 31.2 Å². The molecular formula is C20H19F5N6O2. The Kier molecular flexibility index (Phi) is 6.06. The van der Waals surface area contributed by atoms with Crippen molar-refractivity contribution in [2.24, 2.45) is 0 Å². The molecule has 1 saturated heterocycles. The Morgan fingerprint density at radius 3 is 2.48 bits per heavy atom. The number of furan rings is 1. The summed E-state index contributed by atoms with van der Waals surface area (Å²) >= 11 is 0. The first-order valence-electron chi connectivity index (χ1n) is 9.93. The summed E-state index contributed by atoms with van der Waals surface area (Å²) < 4.78 is 73.8. The molecule has 0 bridgehead atoms. The van der Waals surface area contributed by atoms with Gasteiger partial charge in [0.25, 0.3) is 0 Å². The maximum absolute atomic E-state index is 14.0. The van der Waals surface area contributed by atoms with E-state index in [1.165, 1.54) is 19.3 Å². The monoisotopic (exact) mass is 470 g/mol. The second kappa shape index (κ2) is 8.81. The van der Waals surface area contributed by atoms with Gasteiger partial charge in [0.15, 0.2) is 17.4 Å². The summed E-state index contributed by atoms with van der Waals surface area (Å²) in [5.41, 5.74) is -0.603. The summed E-state index contributed by atoms with van der Waals surface area (Å²) in [4.78, 5) is 22.5. The fraction of sp³-hybridized carbons (Fsp3) is 0.350. The molecule has 1 fully saturated rings. The van der Waals surface area contributed by atoms with Gasteiger partial charge in [0, 0.05) is 43.2 Å². The number of piperazine rings is 1. The number of aromatic nitrogens is 2. The molecule has 33 heavy (non-hydrogen) atoms. The number of nitrogens with one attached hydrogen (secondary N) is 3. The van der Waals surface area contributed by atoms with Crippen molar-refractivity contribution in [2.75, 3.05) is 36.4 Å². The van der Waals surface area contributed by atoms with Gasteiger partial charge in [0.1, 0.15) is 11.6 Å². The zero-order valence-corrected chi connectivity index (χ0v) is 17.3. The molecule has 1 aliphatic rings. The smallest absolute Gasteiger partial charge is 0.416 e. The molecule has 3 heterocycles. The van der Waals surface area contributed by atoms with Gasteiger partial charge in [-0.3, -0.25) is 0 Å². The Bertz CT molecular complexity index is 1160. The molecule has 0 saturated carbocycles. The van der Waals surface area contributed by atoms with E-state index in [1.54, 1.807) is 5.32 Å². The van der Waals surface area contributed by atoms with E-state index >= 15 is 0 Å². The largest absolute Gasteiger partial charge is 0.455 e. The van der Waals surface area contributed by atoms with E-state index in [-0.39, 0.29) is 16.6 Å². The number of rotatable bonds is 4. The number of anilines is 2. The summed E-state index contributed by atoms with van der Waals surface area (Å²) in [6, 6.07) is -2.44.